The van der Waals surface area contributed by atoms with Crippen LogP contribution in [0.3, 0.4) is 0 Å². The molecule has 6 nitrogen and oxygen atoms in total. The van der Waals surface area contributed by atoms with Crippen molar-refractivity contribution in [3.05, 3.63) is 45.2 Å². The van der Waals surface area contributed by atoms with E-state index in [-0.39, 0.29) is 13.4 Å². The van der Waals surface area contributed by atoms with E-state index in [2.05, 4.69) is 4.99 Å². The van der Waals surface area contributed by atoms with Crippen molar-refractivity contribution in [2.24, 2.45) is 4.99 Å². The number of carbonyl (C=O) groups excluding carboxylic acids is 1. The smallest absolute Gasteiger partial charge is 0.286 e. The third kappa shape index (κ3) is 3.63. The van der Waals surface area contributed by atoms with Crippen molar-refractivity contribution in [1.29, 1.82) is 0 Å². The molecular formula is C18H14Cl2N2O4S. The zero-order valence-corrected chi connectivity index (χ0v) is 16.5. The second-order valence-electron chi connectivity index (χ2n) is 5.67. The molecule has 0 saturated heterocycles. The van der Waals surface area contributed by atoms with Crippen LogP contribution < -0.4 is 19.0 Å². The Morgan fingerprint density at radius 2 is 2.04 bits per heavy atom. The Morgan fingerprint density at radius 3 is 2.78 bits per heavy atom. The highest BCUT2D eigenvalue weighted by Crippen LogP contribution is 2.37. The van der Waals surface area contributed by atoms with Gasteiger partial charge < -0.3 is 18.8 Å². The van der Waals surface area contributed by atoms with Gasteiger partial charge in [-0.1, -0.05) is 34.5 Å². The predicted octanol–water partition coefficient (Wildman–Crippen LogP) is 4.26. The van der Waals surface area contributed by atoms with Crippen LogP contribution in [0.25, 0.3) is 10.2 Å². The maximum atomic E-state index is 12.3. The number of fused-ring (bicyclic) bond motifs is 2. The monoisotopic (exact) mass is 424 g/mol. The van der Waals surface area contributed by atoms with Gasteiger partial charge in [0.2, 0.25) is 6.79 Å². The molecule has 0 unspecified atom stereocenters. The van der Waals surface area contributed by atoms with E-state index < -0.39 is 5.91 Å². The van der Waals surface area contributed by atoms with E-state index in [9.17, 15) is 4.79 Å². The van der Waals surface area contributed by atoms with Crippen molar-refractivity contribution < 1.29 is 19.0 Å². The van der Waals surface area contributed by atoms with Crippen LogP contribution in [0.4, 0.5) is 0 Å². The summed E-state index contributed by atoms with van der Waals surface area (Å²) < 4.78 is 19.2. The highest BCUT2D eigenvalue weighted by molar-refractivity contribution is 7.16. The molecule has 9 heteroatoms. The molecule has 1 aromatic heterocycles. The number of aromatic nitrogens is 1. The molecule has 3 aromatic rings. The molecule has 1 aliphatic heterocycles. The Hall–Kier alpha value is -2.22. The lowest BCUT2D eigenvalue weighted by Gasteiger charge is -2.05. The first kappa shape index (κ1) is 18.2. The molecule has 140 valence electrons. The summed E-state index contributed by atoms with van der Waals surface area (Å²) in [6, 6.07) is 8.63. The fraction of sp³-hybridized carbons (Fsp3) is 0.222. The van der Waals surface area contributed by atoms with Crippen LogP contribution in [0, 0.1) is 0 Å². The average Bonchev–Trinajstić information content (AvgIpc) is 3.21. The number of hydrogen-bond acceptors (Lipinski definition) is 5. The van der Waals surface area contributed by atoms with Crippen LogP contribution in [0.15, 0.2) is 35.3 Å². The number of rotatable bonds is 4. The molecule has 2 aromatic carbocycles. The SMILES string of the molecule is CCn1c(=NC(=O)COc2ccc(Cl)cc2Cl)sc2cc3c(cc21)OCO3. The number of nitrogens with zero attached hydrogens (tertiary/aromatic N) is 2. The van der Waals surface area contributed by atoms with Gasteiger partial charge in [0.05, 0.1) is 15.2 Å². The molecule has 27 heavy (non-hydrogen) atoms. The van der Waals surface area contributed by atoms with Crippen LogP contribution in [0.2, 0.25) is 10.0 Å². The number of thiazole rings is 1. The van der Waals surface area contributed by atoms with E-state index in [4.69, 9.17) is 37.4 Å². The van der Waals surface area contributed by atoms with Crippen LogP contribution in [0.1, 0.15) is 6.92 Å². The molecule has 0 aliphatic carbocycles. The minimum atomic E-state index is -0.408. The summed E-state index contributed by atoms with van der Waals surface area (Å²) in [5.74, 6) is 1.37. The topological polar surface area (TPSA) is 62.1 Å². The molecule has 4 rings (SSSR count). The molecule has 0 radical (unpaired) electrons. The molecule has 2 heterocycles. The Kier molecular flexibility index (Phi) is 4.99. The van der Waals surface area contributed by atoms with Gasteiger partial charge in [-0.3, -0.25) is 4.79 Å². The lowest BCUT2D eigenvalue weighted by Crippen LogP contribution is -2.18. The third-order valence-electron chi connectivity index (χ3n) is 3.96. The van der Waals surface area contributed by atoms with Gasteiger partial charge in [-0.05, 0) is 25.1 Å². The fourth-order valence-electron chi connectivity index (χ4n) is 2.72. The molecule has 0 saturated carbocycles. The fourth-order valence-corrected chi connectivity index (χ4v) is 4.31. The number of carbonyl (C=O) groups is 1. The lowest BCUT2D eigenvalue weighted by molar-refractivity contribution is -0.120. The number of aryl methyl sites for hydroxylation is 1. The Morgan fingerprint density at radius 1 is 1.26 bits per heavy atom. The Balaban J connectivity index is 1.61. The first-order valence-electron chi connectivity index (χ1n) is 8.13. The third-order valence-corrected chi connectivity index (χ3v) is 5.53. The minimum Gasteiger partial charge on any atom is -0.482 e. The van der Waals surface area contributed by atoms with Gasteiger partial charge in [-0.2, -0.15) is 4.99 Å². The standard InChI is InChI=1S/C18H14Cl2N2O4S/c1-2-22-12-6-14-15(26-9-25-14)7-16(12)27-18(22)21-17(23)8-24-13-4-3-10(19)5-11(13)20/h3-7H,2,8-9H2,1H3. The summed E-state index contributed by atoms with van der Waals surface area (Å²) >= 11 is 13.3. The molecule has 1 amide bonds. The van der Waals surface area contributed by atoms with Crippen LogP contribution in [0.5, 0.6) is 17.2 Å². The summed E-state index contributed by atoms with van der Waals surface area (Å²) in [6.45, 7) is 2.65. The quantitative estimate of drug-likeness (QED) is 0.627. The van der Waals surface area contributed by atoms with E-state index >= 15 is 0 Å². The van der Waals surface area contributed by atoms with Gasteiger partial charge in [0.1, 0.15) is 5.75 Å². The van der Waals surface area contributed by atoms with Gasteiger partial charge >= 0.3 is 0 Å². The van der Waals surface area contributed by atoms with E-state index in [0.717, 1.165) is 10.2 Å². The first-order chi connectivity index (χ1) is 13.0. The van der Waals surface area contributed by atoms with Crippen LogP contribution >= 0.6 is 34.5 Å². The Bertz CT molecular complexity index is 1110. The summed E-state index contributed by atoms with van der Waals surface area (Å²) in [5.41, 5.74) is 0.944. The summed E-state index contributed by atoms with van der Waals surface area (Å²) in [4.78, 5) is 17.1. The average molecular weight is 425 g/mol. The normalized spacial score (nSPS) is 13.4. The second kappa shape index (κ2) is 7.42. The number of amides is 1. The largest absolute Gasteiger partial charge is 0.482 e. The van der Waals surface area contributed by atoms with Crippen molar-refractivity contribution in [2.45, 2.75) is 13.5 Å². The lowest BCUT2D eigenvalue weighted by atomic mass is 10.3. The van der Waals surface area contributed by atoms with Crippen molar-refractivity contribution >= 4 is 50.7 Å². The highest BCUT2D eigenvalue weighted by atomic mass is 35.5. The number of ether oxygens (including phenoxy) is 3. The summed E-state index contributed by atoms with van der Waals surface area (Å²) in [7, 11) is 0. The minimum absolute atomic E-state index is 0.220. The van der Waals surface area contributed by atoms with E-state index in [0.29, 0.717) is 38.6 Å². The van der Waals surface area contributed by atoms with Gasteiger partial charge in [-0.25, -0.2) is 0 Å². The van der Waals surface area contributed by atoms with Crippen molar-refractivity contribution in [2.75, 3.05) is 13.4 Å². The summed E-state index contributed by atoms with van der Waals surface area (Å²) in [5, 5.41) is 0.841. The van der Waals surface area contributed by atoms with Gasteiger partial charge in [-0.15, -0.1) is 0 Å². The van der Waals surface area contributed by atoms with Crippen LogP contribution in [-0.4, -0.2) is 23.9 Å². The maximum absolute atomic E-state index is 12.3. The van der Waals surface area contributed by atoms with Gasteiger partial charge in [0.15, 0.2) is 22.9 Å². The molecular weight excluding hydrogens is 411 g/mol. The maximum Gasteiger partial charge on any atom is 0.286 e. The molecule has 0 fully saturated rings. The molecule has 0 spiro atoms. The van der Waals surface area contributed by atoms with Crippen molar-refractivity contribution in [3.63, 3.8) is 0 Å². The highest BCUT2D eigenvalue weighted by Gasteiger charge is 2.17. The van der Waals surface area contributed by atoms with E-state index in [1.54, 1.807) is 18.2 Å². The van der Waals surface area contributed by atoms with E-state index in [1.165, 1.54) is 11.3 Å². The van der Waals surface area contributed by atoms with Gasteiger partial charge in [0.25, 0.3) is 5.91 Å². The summed E-state index contributed by atoms with van der Waals surface area (Å²) in [6.07, 6.45) is 0. The van der Waals surface area contributed by atoms with Crippen molar-refractivity contribution in [1.82, 2.24) is 4.57 Å². The molecule has 0 N–H and O–H groups in total. The molecule has 1 aliphatic rings. The number of hydrogen-bond donors (Lipinski definition) is 0. The number of halogens is 2. The zero-order valence-electron chi connectivity index (χ0n) is 14.2. The second-order valence-corrected chi connectivity index (χ2v) is 7.52. The van der Waals surface area contributed by atoms with Gasteiger partial charge in [0, 0.05) is 23.7 Å². The van der Waals surface area contributed by atoms with E-state index in [1.807, 2.05) is 23.6 Å². The predicted molar refractivity (Wildman–Crippen MR) is 104 cm³/mol. The van der Waals surface area contributed by atoms with Crippen LogP contribution in [-0.2, 0) is 11.3 Å². The zero-order chi connectivity index (χ0) is 19.0. The number of benzene rings is 2. The van der Waals surface area contributed by atoms with Crippen molar-refractivity contribution in [3.8, 4) is 17.2 Å². The molecule has 0 bridgehead atoms. The Labute approximate surface area is 168 Å². The first-order valence-corrected chi connectivity index (χ1v) is 9.71. The molecule has 0 atom stereocenters.